The highest BCUT2D eigenvalue weighted by molar-refractivity contribution is 8.03. The molecule has 0 amide bonds. The lowest BCUT2D eigenvalue weighted by molar-refractivity contribution is 0.842. The fourth-order valence-electron chi connectivity index (χ4n) is 1.97. The molecule has 3 rings (SSSR count). The predicted molar refractivity (Wildman–Crippen MR) is 71.4 cm³/mol. The minimum Gasteiger partial charge on any atom is -0.383 e. The Morgan fingerprint density at radius 3 is 2.67 bits per heavy atom. The number of rotatable bonds is 3. The molecular weight excluding hydrogens is 244 g/mol. The average Bonchev–Trinajstić information content (AvgIpc) is 3.19. The van der Waals surface area contributed by atoms with Crippen LogP contribution in [0.25, 0.3) is 5.69 Å². The van der Waals surface area contributed by atoms with Gasteiger partial charge in [0.1, 0.15) is 11.2 Å². The highest BCUT2D eigenvalue weighted by Crippen LogP contribution is 2.45. The lowest BCUT2D eigenvalue weighted by Crippen LogP contribution is -2.01. The summed E-state index contributed by atoms with van der Waals surface area (Å²) < 4.78 is 1.73. The molecule has 0 radical (unpaired) electrons. The first-order valence-electron chi connectivity index (χ1n) is 5.81. The van der Waals surface area contributed by atoms with Crippen LogP contribution in [0.4, 0.5) is 5.82 Å². The molecule has 0 saturated heterocycles. The molecule has 1 aliphatic carbocycles. The highest BCUT2D eigenvalue weighted by atomic mass is 32.2. The first kappa shape index (κ1) is 11.2. The van der Waals surface area contributed by atoms with Crippen molar-refractivity contribution in [1.82, 2.24) is 9.78 Å². The smallest absolute Gasteiger partial charge is 0.142 e. The first-order valence-corrected chi connectivity index (χ1v) is 6.62. The maximum atomic E-state index is 8.87. The van der Waals surface area contributed by atoms with E-state index in [0.717, 1.165) is 40.9 Å². The number of hydrogen-bond donors (Lipinski definition) is 1. The highest BCUT2D eigenvalue weighted by Gasteiger charge is 2.31. The van der Waals surface area contributed by atoms with Crippen LogP contribution in [0.3, 0.4) is 0 Å². The topological polar surface area (TPSA) is 67.6 Å². The summed E-state index contributed by atoms with van der Waals surface area (Å²) in [5.74, 6) is 1.04. The van der Waals surface area contributed by atoms with Crippen molar-refractivity contribution >= 4 is 17.6 Å². The van der Waals surface area contributed by atoms with E-state index in [9.17, 15) is 0 Å². The number of benzene rings is 1. The number of anilines is 1. The molecule has 1 aromatic carbocycles. The van der Waals surface area contributed by atoms with Gasteiger partial charge in [-0.05, 0) is 36.7 Å². The fraction of sp³-hybridized carbons (Fsp3) is 0.231. The molecule has 1 aliphatic rings. The van der Waals surface area contributed by atoms with Gasteiger partial charge in [0.25, 0.3) is 0 Å². The number of nitriles is 1. The molecule has 4 nitrogen and oxygen atoms in total. The van der Waals surface area contributed by atoms with Crippen molar-refractivity contribution in [2.75, 3.05) is 5.73 Å². The number of nitrogen functional groups attached to an aromatic ring is 1. The Morgan fingerprint density at radius 2 is 2.06 bits per heavy atom. The molecule has 1 aromatic heterocycles. The van der Waals surface area contributed by atoms with E-state index in [1.54, 1.807) is 4.68 Å². The summed E-state index contributed by atoms with van der Waals surface area (Å²) >= 11 is 1.11. The Labute approximate surface area is 109 Å². The van der Waals surface area contributed by atoms with Gasteiger partial charge in [-0.3, -0.25) is 0 Å². The normalized spacial score (nSPS) is 14.4. The molecule has 0 atom stereocenters. The third-order valence-corrected chi connectivity index (χ3v) is 3.73. The molecule has 0 unspecified atom stereocenters. The lowest BCUT2D eigenvalue weighted by atomic mass is 10.3. The van der Waals surface area contributed by atoms with Crippen LogP contribution in [-0.4, -0.2) is 9.78 Å². The van der Waals surface area contributed by atoms with E-state index in [1.165, 1.54) is 0 Å². The van der Waals surface area contributed by atoms with Gasteiger partial charge in [0, 0.05) is 5.92 Å². The maximum Gasteiger partial charge on any atom is 0.142 e. The van der Waals surface area contributed by atoms with E-state index in [-0.39, 0.29) is 0 Å². The summed E-state index contributed by atoms with van der Waals surface area (Å²) in [6.45, 7) is 0. The number of thioether (sulfide) groups is 1. The maximum absolute atomic E-state index is 8.87. The molecule has 1 heterocycles. The molecule has 18 heavy (non-hydrogen) atoms. The SMILES string of the molecule is N#CSc1c(C2CC2)nn(-c2ccccc2)c1N. The standard InChI is InChI=1S/C13H12N4S/c14-8-18-12-11(9-6-7-9)16-17(13(12)15)10-4-2-1-3-5-10/h1-5,9H,6-7,15H2. The van der Waals surface area contributed by atoms with Crippen LogP contribution in [-0.2, 0) is 0 Å². The van der Waals surface area contributed by atoms with E-state index >= 15 is 0 Å². The predicted octanol–water partition coefficient (Wildman–Crippen LogP) is 2.91. The Balaban J connectivity index is 2.11. The van der Waals surface area contributed by atoms with E-state index in [4.69, 9.17) is 11.0 Å². The number of para-hydroxylation sites is 1. The quantitative estimate of drug-likeness (QED) is 0.677. The molecular formula is C13H12N4S. The molecule has 0 aliphatic heterocycles. The summed E-state index contributed by atoms with van der Waals surface area (Å²) in [5, 5.41) is 15.5. The molecule has 5 heteroatoms. The minimum atomic E-state index is 0.480. The third-order valence-electron chi connectivity index (χ3n) is 3.01. The van der Waals surface area contributed by atoms with Gasteiger partial charge >= 0.3 is 0 Å². The van der Waals surface area contributed by atoms with Crippen molar-refractivity contribution < 1.29 is 0 Å². The summed E-state index contributed by atoms with van der Waals surface area (Å²) in [6.07, 6.45) is 2.29. The van der Waals surface area contributed by atoms with E-state index in [2.05, 4.69) is 10.5 Å². The van der Waals surface area contributed by atoms with Gasteiger partial charge in [-0.15, -0.1) is 0 Å². The van der Waals surface area contributed by atoms with Crippen molar-refractivity contribution in [3.05, 3.63) is 36.0 Å². The third kappa shape index (κ3) is 1.85. The zero-order valence-electron chi connectivity index (χ0n) is 9.71. The molecule has 1 fully saturated rings. The summed E-state index contributed by atoms with van der Waals surface area (Å²) in [7, 11) is 0. The van der Waals surface area contributed by atoms with Crippen LogP contribution < -0.4 is 5.73 Å². The zero-order valence-corrected chi connectivity index (χ0v) is 10.5. The Kier molecular flexibility index (Phi) is 2.73. The van der Waals surface area contributed by atoms with Crippen molar-refractivity contribution in [2.24, 2.45) is 0 Å². The molecule has 2 N–H and O–H groups in total. The average molecular weight is 256 g/mol. The van der Waals surface area contributed by atoms with Crippen LogP contribution in [0.2, 0.25) is 0 Å². The minimum absolute atomic E-state index is 0.480. The number of hydrogen-bond acceptors (Lipinski definition) is 4. The molecule has 1 saturated carbocycles. The van der Waals surface area contributed by atoms with Crippen LogP contribution in [0.5, 0.6) is 0 Å². The summed E-state index contributed by atoms with van der Waals surface area (Å²) in [6, 6.07) is 9.77. The summed E-state index contributed by atoms with van der Waals surface area (Å²) in [4.78, 5) is 0.823. The molecule has 0 bridgehead atoms. The molecule has 90 valence electrons. The van der Waals surface area contributed by atoms with Gasteiger partial charge in [-0.25, -0.2) is 4.68 Å². The first-order chi connectivity index (χ1) is 8.81. The van der Waals surface area contributed by atoms with Gasteiger partial charge < -0.3 is 5.73 Å². The van der Waals surface area contributed by atoms with Gasteiger partial charge in [-0.1, -0.05) is 18.2 Å². The Bertz CT molecular complexity index is 608. The monoisotopic (exact) mass is 256 g/mol. The zero-order chi connectivity index (χ0) is 12.5. The Hall–Kier alpha value is -1.93. The second-order valence-corrected chi connectivity index (χ2v) is 5.11. The summed E-state index contributed by atoms with van der Waals surface area (Å²) in [5.41, 5.74) is 8.02. The second-order valence-electron chi connectivity index (χ2n) is 4.31. The van der Waals surface area contributed by atoms with Gasteiger partial charge in [0.15, 0.2) is 0 Å². The lowest BCUT2D eigenvalue weighted by Gasteiger charge is -2.02. The van der Waals surface area contributed by atoms with E-state index < -0.39 is 0 Å². The fourth-order valence-corrected chi connectivity index (χ4v) is 2.57. The second kappa shape index (κ2) is 4.39. The Morgan fingerprint density at radius 1 is 1.33 bits per heavy atom. The van der Waals surface area contributed by atoms with Crippen LogP contribution in [0, 0.1) is 10.7 Å². The molecule has 0 spiro atoms. The molecule has 2 aromatic rings. The number of nitrogens with two attached hydrogens (primary N) is 1. The number of nitrogens with zero attached hydrogens (tertiary/aromatic N) is 3. The van der Waals surface area contributed by atoms with Crippen molar-refractivity contribution in [3.63, 3.8) is 0 Å². The number of thiocyanates is 1. The number of aromatic nitrogens is 2. The van der Waals surface area contributed by atoms with E-state index in [0.29, 0.717) is 11.7 Å². The van der Waals surface area contributed by atoms with Gasteiger partial charge in [0.05, 0.1) is 16.3 Å². The van der Waals surface area contributed by atoms with Crippen LogP contribution >= 0.6 is 11.8 Å². The van der Waals surface area contributed by atoms with Crippen LogP contribution in [0.1, 0.15) is 24.5 Å². The van der Waals surface area contributed by atoms with Crippen molar-refractivity contribution in [2.45, 2.75) is 23.7 Å². The van der Waals surface area contributed by atoms with E-state index in [1.807, 2.05) is 30.3 Å². The van der Waals surface area contributed by atoms with Crippen LogP contribution in [0.15, 0.2) is 35.2 Å². The van der Waals surface area contributed by atoms with Gasteiger partial charge in [-0.2, -0.15) is 10.4 Å². The van der Waals surface area contributed by atoms with Crippen molar-refractivity contribution in [1.29, 1.82) is 5.26 Å². The van der Waals surface area contributed by atoms with Gasteiger partial charge in [0.2, 0.25) is 0 Å². The van der Waals surface area contributed by atoms with Crippen molar-refractivity contribution in [3.8, 4) is 11.1 Å². The largest absolute Gasteiger partial charge is 0.383 e.